The zero-order chi connectivity index (χ0) is 28.5. The fourth-order valence-corrected chi connectivity index (χ4v) is 3.99. The molecular formula is C30H41N3O5. The van der Waals surface area contributed by atoms with E-state index in [1.165, 1.54) is 11.0 Å². The summed E-state index contributed by atoms with van der Waals surface area (Å²) in [7, 11) is 0. The maximum absolute atomic E-state index is 14.1. The summed E-state index contributed by atoms with van der Waals surface area (Å²) < 4.78 is 5.41. The molecule has 0 saturated heterocycles. The van der Waals surface area contributed by atoms with E-state index in [1.54, 1.807) is 45.9 Å². The summed E-state index contributed by atoms with van der Waals surface area (Å²) in [6.45, 7) is 14.7. The van der Waals surface area contributed by atoms with Crippen LogP contribution < -0.4 is 10.6 Å². The summed E-state index contributed by atoms with van der Waals surface area (Å²) in [4.78, 5) is 41.8. The molecule has 0 fully saturated rings. The van der Waals surface area contributed by atoms with Gasteiger partial charge in [-0.05, 0) is 44.7 Å². The number of rotatable bonds is 11. The van der Waals surface area contributed by atoms with Gasteiger partial charge < -0.3 is 25.4 Å². The van der Waals surface area contributed by atoms with Crippen molar-refractivity contribution in [2.24, 2.45) is 5.92 Å². The molecule has 2 rings (SSSR count). The maximum atomic E-state index is 14.1. The number of para-hydroxylation sites is 1. The number of aryl methyl sites for hydroxylation is 1. The first-order valence-corrected chi connectivity index (χ1v) is 12.9. The quantitative estimate of drug-likeness (QED) is 0.359. The number of amides is 3. The first-order valence-electron chi connectivity index (χ1n) is 12.9. The second-order valence-corrected chi connectivity index (χ2v) is 10.4. The lowest BCUT2D eigenvalue weighted by Gasteiger charge is -2.35. The Balaban J connectivity index is 2.51. The number of ether oxygens (including phenoxy) is 1. The van der Waals surface area contributed by atoms with Gasteiger partial charge in [0.2, 0.25) is 11.8 Å². The third-order valence-corrected chi connectivity index (χ3v) is 6.19. The van der Waals surface area contributed by atoms with E-state index in [4.69, 9.17) is 4.74 Å². The van der Waals surface area contributed by atoms with Crippen LogP contribution in [-0.4, -0.2) is 46.1 Å². The van der Waals surface area contributed by atoms with Gasteiger partial charge in [0, 0.05) is 18.7 Å². The Labute approximate surface area is 226 Å². The minimum absolute atomic E-state index is 0.0125. The van der Waals surface area contributed by atoms with Crippen molar-refractivity contribution in [1.82, 2.24) is 15.5 Å². The highest BCUT2D eigenvalue weighted by Crippen LogP contribution is 2.33. The molecule has 38 heavy (non-hydrogen) atoms. The van der Waals surface area contributed by atoms with Crippen LogP contribution in [0.1, 0.15) is 63.8 Å². The average molecular weight is 524 g/mol. The Morgan fingerprint density at radius 2 is 1.76 bits per heavy atom. The second-order valence-electron chi connectivity index (χ2n) is 10.4. The Morgan fingerprint density at radius 3 is 2.34 bits per heavy atom. The van der Waals surface area contributed by atoms with Gasteiger partial charge in [-0.15, -0.1) is 6.58 Å². The molecular weight excluding hydrogens is 482 g/mol. The van der Waals surface area contributed by atoms with E-state index in [0.717, 1.165) is 5.56 Å². The number of phenolic OH excluding ortho intramolecular Hbond substituents is 1. The lowest BCUT2D eigenvalue weighted by molar-refractivity contribution is -0.143. The molecule has 0 spiro atoms. The minimum Gasteiger partial charge on any atom is -0.507 e. The largest absolute Gasteiger partial charge is 0.507 e. The van der Waals surface area contributed by atoms with E-state index in [9.17, 15) is 19.5 Å². The number of nitrogens with one attached hydrogen (secondary N) is 2. The van der Waals surface area contributed by atoms with Gasteiger partial charge in [-0.2, -0.15) is 0 Å². The molecule has 0 saturated carbocycles. The van der Waals surface area contributed by atoms with Crippen molar-refractivity contribution < 1.29 is 24.2 Å². The zero-order valence-corrected chi connectivity index (χ0v) is 23.3. The summed E-state index contributed by atoms with van der Waals surface area (Å²) in [5.41, 5.74) is 0.991. The molecule has 206 valence electrons. The van der Waals surface area contributed by atoms with Crippen LogP contribution in [0.3, 0.4) is 0 Å². The van der Waals surface area contributed by atoms with Gasteiger partial charge in [-0.3, -0.25) is 9.59 Å². The summed E-state index contributed by atoms with van der Waals surface area (Å²) in [5.74, 6) is -1.29. The van der Waals surface area contributed by atoms with E-state index in [2.05, 4.69) is 17.2 Å². The van der Waals surface area contributed by atoms with E-state index in [0.29, 0.717) is 12.0 Å². The monoisotopic (exact) mass is 523 g/mol. The number of carbonyl (C=O) groups is 3. The van der Waals surface area contributed by atoms with Crippen molar-refractivity contribution in [2.45, 2.75) is 72.2 Å². The molecule has 8 nitrogen and oxygen atoms in total. The summed E-state index contributed by atoms with van der Waals surface area (Å²) in [6.07, 6.45) is 1.39. The lowest BCUT2D eigenvalue weighted by atomic mass is 9.95. The number of phenols is 1. The first kappa shape index (κ1) is 30.4. The number of hydrogen-bond acceptors (Lipinski definition) is 5. The predicted octanol–water partition coefficient (Wildman–Crippen LogP) is 5.01. The molecule has 8 heteroatoms. The number of alkyl carbamates (subject to hydrolysis) is 1. The number of benzene rings is 2. The van der Waals surface area contributed by atoms with Gasteiger partial charge in [0.1, 0.15) is 23.4 Å². The SMILES string of the molecule is C=CCN(C(=O)C(NC(=O)OC(C)(C)C)C(C)CC)C(C(=O)NCc1ccccc1)c1cccc(C)c1O. The van der Waals surface area contributed by atoms with Crippen molar-refractivity contribution in [3.8, 4) is 5.75 Å². The normalized spacial score (nSPS) is 13.5. The molecule has 0 radical (unpaired) electrons. The van der Waals surface area contributed by atoms with Crippen LogP contribution in [0.15, 0.2) is 61.2 Å². The Bertz CT molecular complexity index is 1110. The molecule has 0 heterocycles. The van der Waals surface area contributed by atoms with Crippen LogP contribution in [0, 0.1) is 12.8 Å². The molecule has 0 aliphatic rings. The first-order chi connectivity index (χ1) is 17.9. The smallest absolute Gasteiger partial charge is 0.408 e. The lowest BCUT2D eigenvalue weighted by Crippen LogP contribution is -2.55. The highest BCUT2D eigenvalue weighted by molar-refractivity contribution is 5.93. The fourth-order valence-electron chi connectivity index (χ4n) is 3.99. The van der Waals surface area contributed by atoms with Crippen molar-refractivity contribution in [2.75, 3.05) is 6.54 Å². The van der Waals surface area contributed by atoms with Gasteiger partial charge in [0.05, 0.1) is 0 Å². The Kier molecular flexibility index (Phi) is 10.9. The van der Waals surface area contributed by atoms with E-state index >= 15 is 0 Å². The molecule has 0 bridgehead atoms. The molecule has 3 atom stereocenters. The van der Waals surface area contributed by atoms with Crippen LogP contribution in [-0.2, 0) is 20.9 Å². The Morgan fingerprint density at radius 1 is 1.11 bits per heavy atom. The standard InChI is InChI=1S/C30H41N3O5/c1-8-18-33(28(36)24(20(3)9-2)32-29(37)38-30(5,6)7)25(23-17-13-14-21(4)26(23)34)27(35)31-19-22-15-11-10-12-16-22/h8,10-17,20,24-25,34H,1,9,18-19H2,2-7H3,(H,31,35)(H,32,37). The van der Waals surface area contributed by atoms with E-state index < -0.39 is 35.6 Å². The number of nitrogens with zero attached hydrogens (tertiary/aromatic N) is 1. The molecule has 0 aromatic heterocycles. The second kappa shape index (κ2) is 13.7. The third kappa shape index (κ3) is 8.36. The molecule has 0 aliphatic carbocycles. The highest BCUT2D eigenvalue weighted by Gasteiger charge is 2.38. The maximum Gasteiger partial charge on any atom is 0.408 e. The minimum atomic E-state index is -1.17. The summed E-state index contributed by atoms with van der Waals surface area (Å²) in [6, 6.07) is 12.3. The number of carbonyl (C=O) groups excluding carboxylic acids is 3. The van der Waals surface area contributed by atoms with E-state index in [-0.39, 0.29) is 30.3 Å². The van der Waals surface area contributed by atoms with Gasteiger partial charge in [0.15, 0.2) is 0 Å². The van der Waals surface area contributed by atoms with Gasteiger partial charge in [0.25, 0.3) is 0 Å². The number of aromatic hydroxyl groups is 1. The zero-order valence-electron chi connectivity index (χ0n) is 23.3. The molecule has 0 aliphatic heterocycles. The van der Waals surface area contributed by atoms with Crippen molar-refractivity contribution in [3.63, 3.8) is 0 Å². The molecule has 2 aromatic rings. The van der Waals surface area contributed by atoms with Crippen LogP contribution in [0.2, 0.25) is 0 Å². The fraction of sp³-hybridized carbons (Fsp3) is 0.433. The van der Waals surface area contributed by atoms with Crippen LogP contribution in [0.25, 0.3) is 0 Å². The van der Waals surface area contributed by atoms with Gasteiger partial charge in [-0.1, -0.05) is 74.9 Å². The predicted molar refractivity (Wildman–Crippen MR) is 148 cm³/mol. The molecule has 3 N–H and O–H groups in total. The topological polar surface area (TPSA) is 108 Å². The summed E-state index contributed by atoms with van der Waals surface area (Å²) >= 11 is 0. The molecule has 3 amide bonds. The highest BCUT2D eigenvalue weighted by atomic mass is 16.6. The molecule has 2 aromatic carbocycles. The summed E-state index contributed by atoms with van der Waals surface area (Å²) in [5, 5.41) is 16.5. The van der Waals surface area contributed by atoms with Crippen LogP contribution in [0.5, 0.6) is 5.75 Å². The third-order valence-electron chi connectivity index (χ3n) is 6.19. The average Bonchev–Trinajstić information content (AvgIpc) is 2.86. The van der Waals surface area contributed by atoms with Crippen molar-refractivity contribution >= 4 is 17.9 Å². The van der Waals surface area contributed by atoms with Crippen molar-refractivity contribution in [1.29, 1.82) is 0 Å². The van der Waals surface area contributed by atoms with Crippen molar-refractivity contribution in [3.05, 3.63) is 77.9 Å². The van der Waals surface area contributed by atoms with Crippen LogP contribution in [0.4, 0.5) is 4.79 Å². The van der Waals surface area contributed by atoms with Gasteiger partial charge >= 0.3 is 6.09 Å². The van der Waals surface area contributed by atoms with Gasteiger partial charge in [-0.25, -0.2) is 4.79 Å². The molecule has 3 unspecified atom stereocenters. The Hall–Kier alpha value is -3.81. The number of hydrogen-bond donors (Lipinski definition) is 3. The van der Waals surface area contributed by atoms with Crippen LogP contribution >= 0.6 is 0 Å². The van der Waals surface area contributed by atoms with E-state index in [1.807, 2.05) is 44.2 Å².